The largest absolute Gasteiger partial charge is 0.484 e. The molecule has 1 amide bonds. The summed E-state index contributed by atoms with van der Waals surface area (Å²) in [6.45, 7) is 10.5. The van der Waals surface area contributed by atoms with Gasteiger partial charge < -0.3 is 14.5 Å². The molecule has 1 N–H and O–H groups in total. The Morgan fingerprint density at radius 3 is 2.57 bits per heavy atom. The average Bonchev–Trinajstić information content (AvgIpc) is 3.13. The van der Waals surface area contributed by atoms with Crippen LogP contribution < -0.4 is 10.1 Å². The summed E-state index contributed by atoms with van der Waals surface area (Å²) in [6, 6.07) is 15.6. The van der Waals surface area contributed by atoms with Crippen LogP contribution >= 0.6 is 11.8 Å². The highest BCUT2D eigenvalue weighted by Crippen LogP contribution is 2.26. The van der Waals surface area contributed by atoms with Gasteiger partial charge >= 0.3 is 0 Å². The molecule has 0 aliphatic heterocycles. The van der Waals surface area contributed by atoms with Crippen molar-refractivity contribution >= 4 is 23.4 Å². The fourth-order valence-corrected chi connectivity index (χ4v) is 3.40. The molecule has 3 aromatic rings. The average molecular weight is 426 g/mol. The molecule has 1 atom stereocenters. The highest BCUT2D eigenvalue weighted by molar-refractivity contribution is 8.00. The third kappa shape index (κ3) is 6.10. The van der Waals surface area contributed by atoms with Gasteiger partial charge in [-0.15, -0.1) is 10.2 Å². The fraction of sp³-hybridized carbons (Fsp3) is 0.348. The number of aromatic nitrogens is 2. The van der Waals surface area contributed by atoms with Crippen LogP contribution in [0.5, 0.6) is 5.75 Å². The molecule has 1 aromatic heterocycles. The Balaban J connectivity index is 1.51. The van der Waals surface area contributed by atoms with Crippen LogP contribution in [0.25, 0.3) is 0 Å². The minimum Gasteiger partial charge on any atom is -0.484 e. The van der Waals surface area contributed by atoms with Gasteiger partial charge in [0, 0.05) is 5.69 Å². The maximum Gasteiger partial charge on any atom is 0.277 e. The van der Waals surface area contributed by atoms with Gasteiger partial charge in [-0.25, -0.2) is 0 Å². The number of carbonyl (C=O) groups excluding carboxylic acids is 1. The minimum atomic E-state index is -0.390. The van der Waals surface area contributed by atoms with E-state index in [0.717, 1.165) is 17.0 Å². The maximum atomic E-state index is 12.5. The Kier molecular flexibility index (Phi) is 6.82. The summed E-state index contributed by atoms with van der Waals surface area (Å²) in [5, 5.41) is 10.9. The predicted molar refractivity (Wildman–Crippen MR) is 119 cm³/mol. The molecule has 0 spiro atoms. The molecule has 1 heterocycles. The van der Waals surface area contributed by atoms with Crippen molar-refractivity contribution in [3.05, 3.63) is 65.5 Å². The van der Waals surface area contributed by atoms with Gasteiger partial charge in [-0.1, -0.05) is 56.8 Å². The topological polar surface area (TPSA) is 77.2 Å². The lowest BCUT2D eigenvalue weighted by molar-refractivity contribution is -0.115. The van der Waals surface area contributed by atoms with E-state index in [1.807, 2.05) is 55.5 Å². The number of carbonyl (C=O) groups is 1. The predicted octanol–water partition coefficient (Wildman–Crippen LogP) is 5.37. The fourth-order valence-electron chi connectivity index (χ4n) is 2.70. The molecule has 0 saturated heterocycles. The third-order valence-electron chi connectivity index (χ3n) is 4.47. The molecule has 1 unspecified atom stereocenters. The first kappa shape index (κ1) is 21.9. The summed E-state index contributed by atoms with van der Waals surface area (Å²) >= 11 is 1.22. The Bertz CT molecular complexity index is 993. The molecular formula is C23H27N3O3S. The van der Waals surface area contributed by atoms with Crippen molar-refractivity contribution in [2.24, 2.45) is 0 Å². The lowest BCUT2D eigenvalue weighted by Gasteiger charge is -2.19. The first-order chi connectivity index (χ1) is 14.2. The number of benzene rings is 2. The smallest absolute Gasteiger partial charge is 0.277 e. The number of thioether (sulfide) groups is 1. The number of amides is 1. The Morgan fingerprint density at radius 1 is 1.17 bits per heavy atom. The van der Waals surface area contributed by atoms with E-state index in [1.54, 1.807) is 6.92 Å². The Hall–Kier alpha value is -2.80. The highest BCUT2D eigenvalue weighted by Gasteiger charge is 2.19. The van der Waals surface area contributed by atoms with E-state index in [1.165, 1.54) is 17.3 Å². The van der Waals surface area contributed by atoms with Crippen LogP contribution in [0.4, 0.5) is 5.69 Å². The molecule has 0 bridgehead atoms. The van der Waals surface area contributed by atoms with E-state index < -0.39 is 5.25 Å². The quantitative estimate of drug-likeness (QED) is 0.513. The second-order valence-electron chi connectivity index (χ2n) is 8.14. The zero-order chi connectivity index (χ0) is 21.7. The second-order valence-corrected chi connectivity index (χ2v) is 9.44. The SMILES string of the molecule is Cc1cccc(OCc2nnc(SC(C)C(=O)Nc3ccc(C(C)(C)C)cc3)o2)c1. The van der Waals surface area contributed by atoms with Gasteiger partial charge in [0.1, 0.15) is 5.75 Å². The van der Waals surface area contributed by atoms with Crippen molar-refractivity contribution in [1.29, 1.82) is 0 Å². The van der Waals surface area contributed by atoms with Gasteiger partial charge in [-0.05, 0) is 54.7 Å². The van der Waals surface area contributed by atoms with E-state index in [0.29, 0.717) is 11.1 Å². The molecular weight excluding hydrogens is 398 g/mol. The highest BCUT2D eigenvalue weighted by atomic mass is 32.2. The number of ether oxygens (including phenoxy) is 1. The summed E-state index contributed by atoms with van der Waals surface area (Å²) in [6.07, 6.45) is 0. The van der Waals surface area contributed by atoms with Gasteiger partial charge in [0.2, 0.25) is 5.91 Å². The van der Waals surface area contributed by atoms with Gasteiger partial charge in [-0.3, -0.25) is 4.79 Å². The Labute approximate surface area is 181 Å². The summed E-state index contributed by atoms with van der Waals surface area (Å²) < 4.78 is 11.3. The number of anilines is 1. The first-order valence-corrected chi connectivity index (χ1v) is 10.7. The number of hydrogen-bond donors (Lipinski definition) is 1. The standard InChI is InChI=1S/C23H27N3O3S/c1-15-7-6-8-19(13-15)28-14-20-25-26-22(29-20)30-16(2)21(27)24-18-11-9-17(10-12-18)23(3,4)5/h6-13,16H,14H2,1-5H3,(H,24,27). The number of nitrogens with zero attached hydrogens (tertiary/aromatic N) is 2. The lowest BCUT2D eigenvalue weighted by Crippen LogP contribution is -2.22. The van der Waals surface area contributed by atoms with Crippen LogP contribution in [0.2, 0.25) is 0 Å². The molecule has 6 nitrogen and oxygen atoms in total. The van der Waals surface area contributed by atoms with Crippen molar-refractivity contribution in [3.8, 4) is 5.75 Å². The van der Waals surface area contributed by atoms with Crippen molar-refractivity contribution in [2.45, 2.75) is 57.1 Å². The van der Waals surface area contributed by atoms with Crippen molar-refractivity contribution in [1.82, 2.24) is 10.2 Å². The van der Waals surface area contributed by atoms with Crippen molar-refractivity contribution < 1.29 is 13.9 Å². The number of aryl methyl sites for hydroxylation is 1. The van der Waals surface area contributed by atoms with E-state index >= 15 is 0 Å². The van der Waals surface area contributed by atoms with Gasteiger partial charge in [0.05, 0.1) is 5.25 Å². The molecule has 0 radical (unpaired) electrons. The molecule has 0 aliphatic carbocycles. The van der Waals surface area contributed by atoms with Crippen LogP contribution in [-0.2, 0) is 16.8 Å². The molecule has 0 aliphatic rings. The zero-order valence-corrected chi connectivity index (χ0v) is 18.7. The van der Waals surface area contributed by atoms with Crippen molar-refractivity contribution in [3.63, 3.8) is 0 Å². The van der Waals surface area contributed by atoms with E-state index in [2.05, 4.69) is 36.3 Å². The van der Waals surface area contributed by atoms with E-state index in [9.17, 15) is 4.79 Å². The van der Waals surface area contributed by atoms with E-state index in [-0.39, 0.29) is 17.9 Å². The summed E-state index contributed by atoms with van der Waals surface area (Å²) in [4.78, 5) is 12.5. The lowest BCUT2D eigenvalue weighted by atomic mass is 9.87. The first-order valence-electron chi connectivity index (χ1n) is 9.80. The number of rotatable bonds is 7. The number of hydrogen-bond acceptors (Lipinski definition) is 6. The molecule has 0 saturated carbocycles. The van der Waals surface area contributed by atoms with Crippen LogP contribution in [0, 0.1) is 6.92 Å². The maximum absolute atomic E-state index is 12.5. The molecule has 0 fully saturated rings. The third-order valence-corrected chi connectivity index (χ3v) is 5.40. The van der Waals surface area contributed by atoms with Crippen LogP contribution in [0.15, 0.2) is 58.2 Å². The van der Waals surface area contributed by atoms with E-state index in [4.69, 9.17) is 9.15 Å². The molecule has 158 valence electrons. The minimum absolute atomic E-state index is 0.0738. The number of nitrogens with one attached hydrogen (secondary N) is 1. The molecule has 30 heavy (non-hydrogen) atoms. The van der Waals surface area contributed by atoms with Crippen LogP contribution in [-0.4, -0.2) is 21.4 Å². The monoisotopic (exact) mass is 425 g/mol. The molecule has 7 heteroatoms. The molecule has 3 rings (SSSR count). The summed E-state index contributed by atoms with van der Waals surface area (Å²) in [7, 11) is 0. The van der Waals surface area contributed by atoms with Crippen LogP contribution in [0.3, 0.4) is 0 Å². The van der Waals surface area contributed by atoms with Gasteiger partial charge in [-0.2, -0.15) is 0 Å². The Morgan fingerprint density at radius 2 is 1.90 bits per heavy atom. The molecule has 2 aromatic carbocycles. The second kappa shape index (κ2) is 9.34. The van der Waals surface area contributed by atoms with Crippen molar-refractivity contribution in [2.75, 3.05) is 5.32 Å². The summed E-state index contributed by atoms with van der Waals surface area (Å²) in [5.74, 6) is 0.983. The summed E-state index contributed by atoms with van der Waals surface area (Å²) in [5.41, 5.74) is 3.17. The van der Waals surface area contributed by atoms with Gasteiger partial charge in [0.25, 0.3) is 11.1 Å². The van der Waals surface area contributed by atoms with Crippen LogP contribution in [0.1, 0.15) is 44.7 Å². The zero-order valence-electron chi connectivity index (χ0n) is 17.9. The van der Waals surface area contributed by atoms with Gasteiger partial charge in [0.15, 0.2) is 6.61 Å². The normalized spacial score (nSPS) is 12.4.